The largest absolute Gasteiger partial charge is 0.484 e. The number of carbonyl (C=O) groups is 3. The van der Waals surface area contributed by atoms with Gasteiger partial charge in [-0.3, -0.25) is 25.2 Å². The van der Waals surface area contributed by atoms with Crippen molar-refractivity contribution in [3.8, 4) is 5.75 Å². The van der Waals surface area contributed by atoms with E-state index in [1.165, 1.54) is 5.56 Å². The van der Waals surface area contributed by atoms with Gasteiger partial charge in [-0.1, -0.05) is 19.1 Å². The molecule has 26 heavy (non-hydrogen) atoms. The van der Waals surface area contributed by atoms with E-state index in [2.05, 4.69) is 17.8 Å². The highest BCUT2D eigenvalue weighted by Crippen LogP contribution is 2.47. The fourth-order valence-corrected chi connectivity index (χ4v) is 4.67. The second kappa shape index (κ2) is 7.57. The van der Waals surface area contributed by atoms with Gasteiger partial charge in [0.05, 0.1) is 4.87 Å². The van der Waals surface area contributed by atoms with Crippen LogP contribution in [0.25, 0.3) is 0 Å². The van der Waals surface area contributed by atoms with Gasteiger partial charge in [-0.15, -0.1) is 11.8 Å². The summed E-state index contributed by atoms with van der Waals surface area (Å²) >= 11 is 1.61. The Balaban J connectivity index is 1.45. The molecule has 2 saturated heterocycles. The maximum atomic E-state index is 12.4. The molecule has 2 heterocycles. The van der Waals surface area contributed by atoms with Crippen LogP contribution in [0, 0.1) is 0 Å². The number of aryl methyl sites for hydroxylation is 1. The second-order valence-electron chi connectivity index (χ2n) is 6.59. The lowest BCUT2D eigenvalue weighted by molar-refractivity contribution is -0.139. The standard InChI is InChI=1S/C18H23N3O4S/c1-3-12-4-6-13(7-5-12)25-10-15(22)19-20-17(24)14-11-26-18(2)9-8-16(23)21(14)18/h4-7,14H,3,8-11H2,1-2H3,(H,19,22)(H,20,24). The van der Waals surface area contributed by atoms with E-state index in [9.17, 15) is 14.4 Å². The Hall–Kier alpha value is -2.22. The zero-order valence-electron chi connectivity index (χ0n) is 14.9. The van der Waals surface area contributed by atoms with Crippen molar-refractivity contribution < 1.29 is 19.1 Å². The first-order valence-corrected chi connectivity index (χ1v) is 9.68. The molecule has 2 fully saturated rings. The third kappa shape index (κ3) is 3.80. The summed E-state index contributed by atoms with van der Waals surface area (Å²) < 4.78 is 5.40. The normalized spacial score (nSPS) is 24.3. The van der Waals surface area contributed by atoms with E-state index in [0.717, 1.165) is 12.8 Å². The molecular weight excluding hydrogens is 354 g/mol. The molecule has 2 aliphatic heterocycles. The molecule has 8 heteroatoms. The summed E-state index contributed by atoms with van der Waals surface area (Å²) in [6.45, 7) is 3.84. The molecule has 0 saturated carbocycles. The molecule has 3 amide bonds. The van der Waals surface area contributed by atoms with Crippen LogP contribution in [0.4, 0.5) is 0 Å². The van der Waals surface area contributed by atoms with Gasteiger partial charge >= 0.3 is 0 Å². The average molecular weight is 377 g/mol. The van der Waals surface area contributed by atoms with Gasteiger partial charge in [0.2, 0.25) is 5.91 Å². The maximum absolute atomic E-state index is 12.4. The first-order chi connectivity index (χ1) is 12.4. The Morgan fingerprint density at radius 1 is 1.31 bits per heavy atom. The van der Waals surface area contributed by atoms with Crippen LogP contribution < -0.4 is 15.6 Å². The predicted octanol–water partition coefficient (Wildman–Crippen LogP) is 1.23. The van der Waals surface area contributed by atoms with E-state index in [1.54, 1.807) is 28.8 Å². The van der Waals surface area contributed by atoms with Crippen LogP contribution in [0.15, 0.2) is 24.3 Å². The molecule has 2 atom stereocenters. The molecule has 0 aromatic heterocycles. The fraction of sp³-hybridized carbons (Fsp3) is 0.500. The topological polar surface area (TPSA) is 87.7 Å². The van der Waals surface area contributed by atoms with Gasteiger partial charge in [-0.25, -0.2) is 0 Å². The van der Waals surface area contributed by atoms with Gasteiger partial charge in [-0.2, -0.15) is 0 Å². The lowest BCUT2D eigenvalue weighted by Crippen LogP contribution is -2.54. The van der Waals surface area contributed by atoms with E-state index >= 15 is 0 Å². The zero-order valence-corrected chi connectivity index (χ0v) is 15.7. The lowest BCUT2D eigenvalue weighted by atomic mass is 10.2. The van der Waals surface area contributed by atoms with Gasteiger partial charge in [0.15, 0.2) is 6.61 Å². The molecule has 0 spiro atoms. The molecule has 2 unspecified atom stereocenters. The van der Waals surface area contributed by atoms with E-state index < -0.39 is 11.9 Å². The van der Waals surface area contributed by atoms with Crippen molar-refractivity contribution in [2.75, 3.05) is 12.4 Å². The molecule has 7 nitrogen and oxygen atoms in total. The number of fused-ring (bicyclic) bond motifs is 1. The molecule has 140 valence electrons. The van der Waals surface area contributed by atoms with Gasteiger partial charge < -0.3 is 9.64 Å². The molecule has 2 N–H and O–H groups in total. The molecule has 1 aromatic carbocycles. The maximum Gasteiger partial charge on any atom is 0.276 e. The Morgan fingerprint density at radius 3 is 2.73 bits per heavy atom. The second-order valence-corrected chi connectivity index (χ2v) is 8.09. The first kappa shape index (κ1) is 18.6. The highest BCUT2D eigenvalue weighted by Gasteiger charge is 2.52. The number of carbonyl (C=O) groups excluding carboxylic acids is 3. The van der Waals surface area contributed by atoms with Gasteiger partial charge in [0.25, 0.3) is 11.8 Å². The number of hydrazine groups is 1. The fourth-order valence-electron chi connectivity index (χ4n) is 3.24. The van der Waals surface area contributed by atoms with Gasteiger partial charge in [0.1, 0.15) is 11.8 Å². The minimum atomic E-state index is -0.553. The SMILES string of the molecule is CCc1ccc(OCC(=O)NNC(=O)C2CSC3(C)CCC(=O)N23)cc1. The van der Waals surface area contributed by atoms with Crippen molar-refractivity contribution in [2.24, 2.45) is 0 Å². The van der Waals surface area contributed by atoms with Crippen molar-refractivity contribution in [1.82, 2.24) is 15.8 Å². The summed E-state index contributed by atoms with van der Waals surface area (Å²) in [5, 5.41) is 0. The minimum Gasteiger partial charge on any atom is -0.484 e. The highest BCUT2D eigenvalue weighted by atomic mass is 32.2. The van der Waals surface area contributed by atoms with E-state index in [4.69, 9.17) is 4.74 Å². The van der Waals surface area contributed by atoms with Crippen molar-refractivity contribution in [2.45, 2.75) is 44.0 Å². The number of hydrogen-bond acceptors (Lipinski definition) is 5. The summed E-state index contributed by atoms with van der Waals surface area (Å²) in [4.78, 5) is 37.6. The third-order valence-electron chi connectivity index (χ3n) is 4.77. The van der Waals surface area contributed by atoms with Crippen LogP contribution in [0.1, 0.15) is 32.3 Å². The molecule has 0 aliphatic carbocycles. The molecule has 3 rings (SSSR count). The average Bonchev–Trinajstić information content (AvgIpc) is 3.14. The van der Waals surface area contributed by atoms with Crippen LogP contribution in [0.5, 0.6) is 5.75 Å². The van der Waals surface area contributed by atoms with E-state index in [0.29, 0.717) is 17.9 Å². The number of ether oxygens (including phenoxy) is 1. The molecule has 0 bridgehead atoms. The summed E-state index contributed by atoms with van der Waals surface area (Å²) in [5.74, 6) is 0.276. The van der Waals surface area contributed by atoms with Crippen LogP contribution >= 0.6 is 11.8 Å². The van der Waals surface area contributed by atoms with Crippen molar-refractivity contribution >= 4 is 29.5 Å². The Morgan fingerprint density at radius 2 is 2.04 bits per heavy atom. The highest BCUT2D eigenvalue weighted by molar-refractivity contribution is 8.01. The summed E-state index contributed by atoms with van der Waals surface area (Å²) in [6.07, 6.45) is 2.15. The number of nitrogens with one attached hydrogen (secondary N) is 2. The number of thioether (sulfide) groups is 1. The van der Waals surface area contributed by atoms with E-state index in [1.807, 2.05) is 19.1 Å². The Labute approximate surface area is 156 Å². The minimum absolute atomic E-state index is 0.0113. The van der Waals surface area contributed by atoms with Crippen LogP contribution in [0.2, 0.25) is 0 Å². The number of amides is 3. The van der Waals surface area contributed by atoms with E-state index in [-0.39, 0.29) is 23.3 Å². The third-order valence-corrected chi connectivity index (χ3v) is 6.28. The first-order valence-electron chi connectivity index (χ1n) is 8.69. The number of benzene rings is 1. The predicted molar refractivity (Wildman–Crippen MR) is 98.3 cm³/mol. The molecule has 2 aliphatic rings. The molecule has 0 radical (unpaired) electrons. The van der Waals surface area contributed by atoms with Crippen molar-refractivity contribution in [3.05, 3.63) is 29.8 Å². The van der Waals surface area contributed by atoms with Crippen molar-refractivity contribution in [3.63, 3.8) is 0 Å². The number of hydrogen-bond donors (Lipinski definition) is 2. The van der Waals surface area contributed by atoms with Crippen LogP contribution in [-0.2, 0) is 20.8 Å². The van der Waals surface area contributed by atoms with Gasteiger partial charge in [0, 0.05) is 12.2 Å². The summed E-state index contributed by atoms with van der Waals surface area (Å²) in [6, 6.07) is 6.94. The molecule has 1 aromatic rings. The monoisotopic (exact) mass is 377 g/mol. The smallest absolute Gasteiger partial charge is 0.276 e. The summed E-state index contributed by atoms with van der Waals surface area (Å²) in [7, 11) is 0. The van der Waals surface area contributed by atoms with Crippen LogP contribution in [-0.4, -0.2) is 45.9 Å². The Kier molecular flexibility index (Phi) is 5.41. The Bertz CT molecular complexity index is 709. The number of rotatable bonds is 5. The lowest BCUT2D eigenvalue weighted by Gasteiger charge is -2.29. The summed E-state index contributed by atoms with van der Waals surface area (Å²) in [5.41, 5.74) is 5.94. The zero-order chi connectivity index (χ0) is 18.7. The van der Waals surface area contributed by atoms with Crippen molar-refractivity contribution in [1.29, 1.82) is 0 Å². The number of nitrogens with zero attached hydrogens (tertiary/aromatic N) is 1. The van der Waals surface area contributed by atoms with Gasteiger partial charge in [-0.05, 0) is 37.5 Å². The van der Waals surface area contributed by atoms with Crippen LogP contribution in [0.3, 0.4) is 0 Å². The quantitative estimate of drug-likeness (QED) is 0.754. The molecular formula is C18H23N3O4S.